The van der Waals surface area contributed by atoms with Crippen molar-refractivity contribution in [3.05, 3.63) is 35.4 Å². The van der Waals surface area contributed by atoms with Gasteiger partial charge in [0.15, 0.2) is 0 Å². The van der Waals surface area contributed by atoms with Crippen LogP contribution in [-0.2, 0) is 4.79 Å². The number of carbonyl (C=O) groups excluding carboxylic acids is 1. The van der Waals surface area contributed by atoms with Crippen molar-refractivity contribution in [2.24, 2.45) is 5.92 Å². The highest BCUT2D eigenvalue weighted by Crippen LogP contribution is 2.08. The second kappa shape index (κ2) is 6.09. The van der Waals surface area contributed by atoms with Crippen LogP contribution in [0.15, 0.2) is 18.2 Å². The molecule has 1 aromatic rings. The van der Waals surface area contributed by atoms with Gasteiger partial charge in [0.2, 0.25) is 0 Å². The summed E-state index contributed by atoms with van der Waals surface area (Å²) in [6, 6.07) is 2.50. The number of aliphatic carboxylic acids is 1. The molecule has 0 bridgehead atoms. The molecule has 0 spiro atoms. The van der Waals surface area contributed by atoms with E-state index in [-0.39, 0.29) is 18.5 Å². The second-order valence-corrected chi connectivity index (χ2v) is 3.94. The van der Waals surface area contributed by atoms with Crippen LogP contribution in [0.2, 0.25) is 0 Å². The molecule has 1 rings (SSSR count). The lowest BCUT2D eigenvalue weighted by molar-refractivity contribution is -0.141. The first-order valence-corrected chi connectivity index (χ1v) is 5.37. The van der Waals surface area contributed by atoms with Gasteiger partial charge >= 0.3 is 5.97 Å². The Balaban J connectivity index is 2.53. The molecular weight excluding hydrogens is 244 g/mol. The number of hydrogen-bond donors (Lipinski definition) is 2. The number of carboxylic acids is 1. The van der Waals surface area contributed by atoms with Crippen LogP contribution in [-0.4, -0.2) is 23.5 Å². The average Bonchev–Trinajstić information content (AvgIpc) is 2.27. The fraction of sp³-hybridized carbons (Fsp3) is 0.333. The summed E-state index contributed by atoms with van der Waals surface area (Å²) in [4.78, 5) is 22.0. The molecule has 0 saturated heterocycles. The molecule has 98 valence electrons. The zero-order chi connectivity index (χ0) is 13.7. The van der Waals surface area contributed by atoms with Crippen LogP contribution in [0.25, 0.3) is 0 Å². The summed E-state index contributed by atoms with van der Waals surface area (Å²) >= 11 is 0. The Morgan fingerprint density at radius 2 is 1.83 bits per heavy atom. The predicted molar refractivity (Wildman–Crippen MR) is 60.1 cm³/mol. The van der Waals surface area contributed by atoms with E-state index in [9.17, 15) is 18.4 Å². The van der Waals surface area contributed by atoms with Crippen LogP contribution in [0.4, 0.5) is 8.78 Å². The molecule has 0 heterocycles. The number of rotatable bonds is 5. The van der Waals surface area contributed by atoms with Crippen molar-refractivity contribution in [3.8, 4) is 0 Å². The van der Waals surface area contributed by atoms with Gasteiger partial charge in [-0.15, -0.1) is 0 Å². The molecule has 1 amide bonds. The van der Waals surface area contributed by atoms with E-state index in [0.29, 0.717) is 6.07 Å². The largest absolute Gasteiger partial charge is 0.481 e. The molecular formula is C12H13F2NO3. The lowest BCUT2D eigenvalue weighted by Crippen LogP contribution is -2.27. The molecule has 2 N–H and O–H groups in total. The molecule has 1 unspecified atom stereocenters. The molecule has 0 aliphatic heterocycles. The fourth-order valence-corrected chi connectivity index (χ4v) is 1.31. The van der Waals surface area contributed by atoms with Gasteiger partial charge in [0.1, 0.15) is 11.6 Å². The molecule has 4 nitrogen and oxygen atoms in total. The first kappa shape index (κ1) is 14.1. The Labute approximate surface area is 103 Å². The predicted octanol–water partition coefficient (Wildman–Crippen LogP) is 1.81. The van der Waals surface area contributed by atoms with Gasteiger partial charge in [-0.2, -0.15) is 0 Å². The minimum absolute atomic E-state index is 0.129. The lowest BCUT2D eigenvalue weighted by atomic mass is 10.1. The first-order valence-electron chi connectivity index (χ1n) is 5.37. The van der Waals surface area contributed by atoms with Crippen molar-refractivity contribution in [1.29, 1.82) is 0 Å². The monoisotopic (exact) mass is 257 g/mol. The SMILES string of the molecule is CC(CCNC(=O)c1cc(F)cc(F)c1)C(=O)O. The van der Waals surface area contributed by atoms with Crippen molar-refractivity contribution < 1.29 is 23.5 Å². The highest BCUT2D eigenvalue weighted by atomic mass is 19.1. The average molecular weight is 257 g/mol. The number of amides is 1. The minimum atomic E-state index is -0.957. The van der Waals surface area contributed by atoms with Gasteiger partial charge in [0, 0.05) is 18.2 Å². The van der Waals surface area contributed by atoms with Gasteiger partial charge in [-0.1, -0.05) is 6.92 Å². The molecule has 0 aromatic heterocycles. The number of benzene rings is 1. The maximum atomic E-state index is 12.8. The summed E-state index contributed by atoms with van der Waals surface area (Å²) in [7, 11) is 0. The maximum absolute atomic E-state index is 12.8. The van der Waals surface area contributed by atoms with E-state index in [2.05, 4.69) is 5.32 Å². The number of halogens is 2. The molecule has 1 aromatic carbocycles. The number of carbonyl (C=O) groups is 2. The molecule has 0 aliphatic carbocycles. The van der Waals surface area contributed by atoms with Gasteiger partial charge in [0.25, 0.3) is 5.91 Å². The van der Waals surface area contributed by atoms with Gasteiger partial charge < -0.3 is 10.4 Å². The second-order valence-electron chi connectivity index (χ2n) is 3.94. The zero-order valence-electron chi connectivity index (χ0n) is 9.74. The topological polar surface area (TPSA) is 66.4 Å². The van der Waals surface area contributed by atoms with E-state index in [1.807, 2.05) is 0 Å². The molecule has 0 aliphatic rings. The molecule has 18 heavy (non-hydrogen) atoms. The van der Waals surface area contributed by atoms with E-state index in [1.54, 1.807) is 0 Å². The Morgan fingerprint density at radius 3 is 2.33 bits per heavy atom. The van der Waals surface area contributed by atoms with E-state index in [4.69, 9.17) is 5.11 Å². The van der Waals surface area contributed by atoms with E-state index in [1.165, 1.54) is 6.92 Å². The fourth-order valence-electron chi connectivity index (χ4n) is 1.31. The van der Waals surface area contributed by atoms with E-state index >= 15 is 0 Å². The Hall–Kier alpha value is -1.98. The third-order valence-electron chi connectivity index (χ3n) is 2.41. The van der Waals surface area contributed by atoms with Crippen LogP contribution >= 0.6 is 0 Å². The van der Waals surface area contributed by atoms with Gasteiger partial charge in [0.05, 0.1) is 5.92 Å². The third kappa shape index (κ3) is 4.12. The van der Waals surface area contributed by atoms with E-state index in [0.717, 1.165) is 12.1 Å². The summed E-state index contributed by atoms with van der Waals surface area (Å²) in [5, 5.41) is 11.0. The van der Waals surface area contributed by atoms with Crippen LogP contribution < -0.4 is 5.32 Å². The molecule has 6 heteroatoms. The lowest BCUT2D eigenvalue weighted by Gasteiger charge is -2.08. The van der Waals surface area contributed by atoms with Crippen LogP contribution in [0, 0.1) is 17.6 Å². The van der Waals surface area contributed by atoms with Gasteiger partial charge in [-0.3, -0.25) is 9.59 Å². The van der Waals surface area contributed by atoms with Crippen molar-refractivity contribution in [1.82, 2.24) is 5.32 Å². The number of hydrogen-bond acceptors (Lipinski definition) is 2. The van der Waals surface area contributed by atoms with Crippen LogP contribution in [0.5, 0.6) is 0 Å². The van der Waals surface area contributed by atoms with Crippen molar-refractivity contribution in [3.63, 3.8) is 0 Å². The molecule has 1 atom stereocenters. The standard InChI is InChI=1S/C12H13F2NO3/c1-7(12(17)18)2-3-15-11(16)8-4-9(13)6-10(14)5-8/h4-7H,2-3H2,1H3,(H,15,16)(H,17,18). The highest BCUT2D eigenvalue weighted by Gasteiger charge is 2.12. The van der Waals surface area contributed by atoms with Crippen molar-refractivity contribution >= 4 is 11.9 Å². The normalized spacial score (nSPS) is 11.9. The van der Waals surface area contributed by atoms with Crippen LogP contribution in [0.1, 0.15) is 23.7 Å². The summed E-state index contributed by atoms with van der Waals surface area (Å²) in [5.74, 6) is -3.85. The third-order valence-corrected chi connectivity index (χ3v) is 2.41. The van der Waals surface area contributed by atoms with Gasteiger partial charge in [-0.05, 0) is 18.6 Å². The Morgan fingerprint density at radius 1 is 1.28 bits per heavy atom. The summed E-state index contributed by atoms with van der Waals surface area (Å²) in [6.45, 7) is 1.64. The summed E-state index contributed by atoms with van der Waals surface area (Å²) in [5.41, 5.74) is -0.129. The summed E-state index contributed by atoms with van der Waals surface area (Å²) in [6.07, 6.45) is 0.249. The quantitative estimate of drug-likeness (QED) is 0.845. The Bertz CT molecular complexity index is 442. The van der Waals surface area contributed by atoms with Crippen molar-refractivity contribution in [2.75, 3.05) is 6.54 Å². The maximum Gasteiger partial charge on any atom is 0.306 e. The highest BCUT2D eigenvalue weighted by molar-refractivity contribution is 5.94. The van der Waals surface area contributed by atoms with Crippen molar-refractivity contribution in [2.45, 2.75) is 13.3 Å². The number of nitrogens with one attached hydrogen (secondary N) is 1. The van der Waals surface area contributed by atoms with Gasteiger partial charge in [-0.25, -0.2) is 8.78 Å². The Kier molecular flexibility index (Phi) is 4.76. The minimum Gasteiger partial charge on any atom is -0.481 e. The molecule has 0 fully saturated rings. The molecule has 0 saturated carbocycles. The summed E-state index contributed by atoms with van der Waals surface area (Å²) < 4.78 is 25.7. The first-order chi connectivity index (χ1) is 8.40. The zero-order valence-corrected chi connectivity index (χ0v) is 9.74. The van der Waals surface area contributed by atoms with Crippen LogP contribution in [0.3, 0.4) is 0 Å². The number of carboxylic acid groups (broad SMARTS) is 1. The smallest absolute Gasteiger partial charge is 0.306 e. The van der Waals surface area contributed by atoms with E-state index < -0.39 is 29.4 Å². The molecule has 0 radical (unpaired) electrons.